The summed E-state index contributed by atoms with van der Waals surface area (Å²) in [6.45, 7) is -1.65. The van der Waals surface area contributed by atoms with Gasteiger partial charge < -0.3 is 173 Å². The van der Waals surface area contributed by atoms with Crippen molar-refractivity contribution in [1.82, 2.24) is 0 Å². The van der Waals surface area contributed by atoms with Crippen molar-refractivity contribution in [1.29, 1.82) is 0 Å². The number of nitrogens with one attached hydrogen (secondary N) is 2. The second kappa shape index (κ2) is 61.3. The lowest BCUT2D eigenvalue weighted by molar-refractivity contribution is -0.326. The van der Waals surface area contributed by atoms with Crippen LogP contribution in [0, 0.1) is 0 Å². The van der Waals surface area contributed by atoms with E-state index in [0.29, 0.717) is 38.5 Å². The first-order valence-electron chi connectivity index (χ1n) is 44.4. The lowest BCUT2D eigenvalue weighted by Crippen LogP contribution is -2.62. The Morgan fingerprint density at radius 2 is 0.685 bits per heavy atom. The van der Waals surface area contributed by atoms with E-state index in [0.717, 1.165) is 57.8 Å². The molecule has 19 N–H and O–H groups in total. The lowest BCUT2D eigenvalue weighted by atomic mass is 9.98. The SMILES string of the molecule is CCCCCCCCCCCC(=O)OC[C@@H](COP(=O)(O)OCCNc1c(NCCCCCCO[C@@H]2O[C@H](COCCCO[C@H]3O[C@H](CO)[C@@H](O)[C@H](O)[C@@H]3O)[C@@H](OCCCO[C@H]3O[C@H](CO)[C@@H](O)[C@H](O)[C@@H]3O)[C@H](OCCCO[C@H]3O[C@H](CO)[C@@H](O)[C@H](O)[C@@H]3O)[C@H]2OCCCO[C@H]2O[C@H](CO)[C@@H](O)[C@H](O)[C@@H]2O)c(=O)c1=O)OC(=O)CCCCCCCCCCC. The van der Waals surface area contributed by atoms with Crippen molar-refractivity contribution >= 4 is 31.1 Å². The van der Waals surface area contributed by atoms with E-state index in [9.17, 15) is 110 Å². The first-order valence-corrected chi connectivity index (χ1v) is 45.9. The average Bonchev–Trinajstić information content (AvgIpc) is 0.722. The van der Waals surface area contributed by atoms with Gasteiger partial charge in [0.05, 0.1) is 72.7 Å². The molecule has 5 fully saturated rings. The highest BCUT2D eigenvalue weighted by Crippen LogP contribution is 2.43. The Bertz CT molecular complexity index is 3090. The second-order valence-electron chi connectivity index (χ2n) is 31.9. The first kappa shape index (κ1) is 109. The molecule has 5 aliphatic heterocycles. The molecule has 1 aromatic carbocycles. The number of ether oxygens (including phenoxy) is 16. The summed E-state index contributed by atoms with van der Waals surface area (Å²) < 4.78 is 119. The Kier molecular flexibility index (Phi) is 54.0. The number of aliphatic hydroxyl groups is 16. The number of carbonyl (C=O) groups is 2. The van der Waals surface area contributed by atoms with E-state index in [1.165, 1.54) is 44.9 Å². The summed E-state index contributed by atoms with van der Waals surface area (Å²) in [4.78, 5) is 62.1. The van der Waals surface area contributed by atoms with E-state index in [2.05, 4.69) is 24.5 Å². The molecule has 6 rings (SSSR count). The minimum absolute atomic E-state index is 0.00395. The van der Waals surface area contributed by atoms with Gasteiger partial charge in [0.25, 0.3) is 10.9 Å². The maximum atomic E-state index is 13.2. The normalized spacial score (nSPS) is 31.2. The molecule has 1 unspecified atom stereocenters. The van der Waals surface area contributed by atoms with Crippen LogP contribution in [-0.2, 0) is 99.0 Å². The molecular weight excluding hydrogens is 1670 g/mol. The highest BCUT2D eigenvalue weighted by molar-refractivity contribution is 7.47. The van der Waals surface area contributed by atoms with Crippen LogP contribution < -0.4 is 21.5 Å². The predicted octanol–water partition coefficient (Wildman–Crippen LogP) is -1.16. The third-order valence-corrected chi connectivity index (χ3v) is 23.0. The number of hydrogen-bond acceptors (Lipinski definition) is 41. The summed E-state index contributed by atoms with van der Waals surface area (Å²) >= 11 is 0. The second-order valence-corrected chi connectivity index (χ2v) is 33.4. The molecule has 43 heteroatoms. The van der Waals surface area contributed by atoms with Gasteiger partial charge in [0.2, 0.25) is 0 Å². The molecule has 0 bridgehead atoms. The number of anilines is 2. The first-order chi connectivity index (χ1) is 59.8. The molecule has 5 saturated heterocycles. The standard InChI is InChI=1S/C81H145N2O40P/c1-3-5-7-9-11-13-15-17-21-29-56(88)115-47-50(118-57(89)30-22-18-16-14-12-10-8-6-4-2)48-117-124(104,105)116-42-32-83-59-58(64(94)65(59)95)82-31-23-19-20-24-34-114-81-76(109-37-28-41-113-80-73(103)69(99)63(93)54(46-87)122-80)75(108-36-27-40-112-79-72(102)68(98)62(92)53(45-86)121-79)74(107-35-26-39-111-78-71(101)67(97)61(91)52(44-85)120-78)55(123-81)49-106-33-25-38-110-77-70(100)66(96)60(90)51(43-84)119-77/h50-55,60-63,66-87,90-93,96-103H,3-49H2,1-2H3,(H,104,105)/t50-,51+,52+,53+,54+,55+,60+,61+,62+,63+,66-,67-,68-,69-,70-,71-,72-,73-,74+,75-,76+,77-,78-,79-,80-,81+/m0/s1. The summed E-state index contributed by atoms with van der Waals surface area (Å²) in [7, 11) is -4.84. The molecule has 0 radical (unpaired) electrons. The molecule has 5 heterocycles. The number of carbonyl (C=O) groups excluding carboxylic acids is 2. The van der Waals surface area contributed by atoms with Crippen LogP contribution in [-0.4, -0.2) is 384 Å². The molecule has 724 valence electrons. The Morgan fingerprint density at radius 3 is 1.11 bits per heavy atom. The van der Waals surface area contributed by atoms with Crippen LogP contribution >= 0.6 is 7.82 Å². The van der Waals surface area contributed by atoms with E-state index in [-0.39, 0.29) is 129 Å². The predicted molar refractivity (Wildman–Crippen MR) is 435 cm³/mol. The fourth-order valence-corrected chi connectivity index (χ4v) is 15.3. The zero-order valence-corrected chi connectivity index (χ0v) is 72.6. The van der Waals surface area contributed by atoms with Gasteiger partial charge >= 0.3 is 19.8 Å². The van der Waals surface area contributed by atoms with Gasteiger partial charge in [0.15, 0.2) is 37.6 Å². The van der Waals surface area contributed by atoms with E-state index >= 15 is 0 Å². The molecule has 27 atom stereocenters. The van der Waals surface area contributed by atoms with Crippen molar-refractivity contribution in [3.63, 3.8) is 0 Å². The molecule has 124 heavy (non-hydrogen) atoms. The van der Waals surface area contributed by atoms with Crippen LogP contribution in [0.1, 0.15) is 194 Å². The highest BCUT2D eigenvalue weighted by atomic mass is 31.2. The summed E-state index contributed by atoms with van der Waals surface area (Å²) in [5, 5.41) is 171. The van der Waals surface area contributed by atoms with Gasteiger partial charge in [-0.15, -0.1) is 0 Å². The lowest BCUT2D eigenvalue weighted by Gasteiger charge is -2.46. The quantitative estimate of drug-likeness (QED) is 0.0158. The van der Waals surface area contributed by atoms with Crippen molar-refractivity contribution in [3.05, 3.63) is 20.4 Å². The Hall–Kier alpha value is -3.47. The fourth-order valence-electron chi connectivity index (χ4n) is 14.6. The smallest absolute Gasteiger partial charge is 0.462 e. The van der Waals surface area contributed by atoms with Crippen LogP contribution in [0.15, 0.2) is 9.59 Å². The Morgan fingerprint density at radius 1 is 0.347 bits per heavy atom. The van der Waals surface area contributed by atoms with E-state index in [1.54, 1.807) is 0 Å². The van der Waals surface area contributed by atoms with E-state index in [1.807, 2.05) is 0 Å². The molecule has 0 saturated carbocycles. The molecule has 0 amide bonds. The number of unbranched alkanes of at least 4 members (excludes halogenated alkanes) is 19. The third kappa shape index (κ3) is 37.3. The van der Waals surface area contributed by atoms with Crippen molar-refractivity contribution in [2.45, 2.75) is 353 Å². The number of phosphoric acid groups is 1. The maximum absolute atomic E-state index is 13.2. The number of hydrogen-bond donors (Lipinski definition) is 19. The largest absolute Gasteiger partial charge is 0.472 e. The van der Waals surface area contributed by atoms with Crippen molar-refractivity contribution in [2.24, 2.45) is 0 Å². The summed E-state index contributed by atoms with van der Waals surface area (Å²) in [5.41, 5.74) is -1.73. The summed E-state index contributed by atoms with van der Waals surface area (Å²) in [5.74, 6) is -1.09. The molecule has 1 aromatic rings. The number of aliphatic hydroxyl groups excluding tert-OH is 16. The average molecular weight is 1820 g/mol. The Balaban J connectivity index is 1.09. The van der Waals surface area contributed by atoms with Crippen LogP contribution in [0.5, 0.6) is 0 Å². The van der Waals surface area contributed by atoms with Crippen molar-refractivity contribution in [3.8, 4) is 0 Å². The number of rotatable bonds is 69. The summed E-state index contributed by atoms with van der Waals surface area (Å²) in [6.07, 6.45) is -17.5. The topological polar surface area (TPSA) is 619 Å². The Labute approximate surface area is 723 Å². The minimum Gasteiger partial charge on any atom is -0.462 e. The maximum Gasteiger partial charge on any atom is 0.472 e. The summed E-state index contributed by atoms with van der Waals surface area (Å²) in [6, 6.07) is 0. The van der Waals surface area contributed by atoms with Gasteiger partial charge in [-0.25, -0.2) is 4.57 Å². The molecular formula is C81H145N2O40P. The number of phosphoric ester groups is 1. The number of esters is 2. The molecule has 0 aromatic heterocycles. The van der Waals surface area contributed by atoms with Gasteiger partial charge in [-0.3, -0.25) is 28.2 Å². The van der Waals surface area contributed by atoms with Gasteiger partial charge in [-0.05, 0) is 51.4 Å². The molecule has 0 spiro atoms. The van der Waals surface area contributed by atoms with Crippen molar-refractivity contribution in [2.75, 3.05) is 136 Å². The van der Waals surface area contributed by atoms with Gasteiger partial charge in [0, 0.05) is 59.0 Å². The highest BCUT2D eigenvalue weighted by Gasteiger charge is 2.51. The zero-order valence-electron chi connectivity index (χ0n) is 71.7. The van der Waals surface area contributed by atoms with Crippen LogP contribution in [0.25, 0.3) is 0 Å². The van der Waals surface area contributed by atoms with Crippen LogP contribution in [0.3, 0.4) is 0 Å². The van der Waals surface area contributed by atoms with Gasteiger partial charge in [-0.2, -0.15) is 0 Å². The zero-order chi connectivity index (χ0) is 90.4. The van der Waals surface area contributed by atoms with E-state index in [4.69, 9.17) is 84.8 Å². The van der Waals surface area contributed by atoms with Crippen LogP contribution in [0.2, 0.25) is 0 Å². The third-order valence-electron chi connectivity index (χ3n) is 22.0. The molecule has 42 nitrogen and oxygen atoms in total. The van der Waals surface area contributed by atoms with Crippen LogP contribution in [0.4, 0.5) is 11.4 Å². The minimum atomic E-state index is -4.84. The van der Waals surface area contributed by atoms with Gasteiger partial charge in [0.1, 0.15) is 140 Å². The van der Waals surface area contributed by atoms with Gasteiger partial charge in [-0.1, -0.05) is 129 Å². The molecule has 0 aliphatic carbocycles. The fraction of sp³-hybridized carbons (Fsp3) is 0.926. The van der Waals surface area contributed by atoms with Crippen molar-refractivity contribution < 1.29 is 186 Å². The van der Waals surface area contributed by atoms with E-state index < -0.39 is 237 Å². The monoisotopic (exact) mass is 1820 g/mol. The molecule has 5 aliphatic rings.